The molecule has 0 aliphatic heterocycles. The number of carbonyl (C=O) groups excluding carboxylic acids is 2. The van der Waals surface area contributed by atoms with Gasteiger partial charge in [0.1, 0.15) is 0 Å². The van der Waals surface area contributed by atoms with E-state index in [0.29, 0.717) is 12.0 Å². The molecule has 0 atom stereocenters. The van der Waals surface area contributed by atoms with Crippen LogP contribution in [0.5, 0.6) is 0 Å². The Kier molecular flexibility index (Phi) is 3.61. The molecule has 1 N–H and O–H groups in total. The average molecular weight is 276 g/mol. The van der Waals surface area contributed by atoms with Gasteiger partial charge in [-0.25, -0.2) is 9.59 Å². The summed E-state index contributed by atoms with van der Waals surface area (Å²) in [6.45, 7) is 1.86. The number of ether oxygens (including phenoxy) is 1. The molecule has 0 aromatic rings. The molecule has 0 spiro atoms. The molecule has 20 heavy (non-hydrogen) atoms. The second-order valence-corrected chi connectivity index (χ2v) is 5.25. The summed E-state index contributed by atoms with van der Waals surface area (Å²) in [7, 11) is 1.13. The molecule has 0 saturated heterocycles. The molecule has 1 saturated carbocycles. The van der Waals surface area contributed by atoms with Crippen molar-refractivity contribution in [2.75, 3.05) is 7.11 Å². The molecule has 2 aliphatic rings. The van der Waals surface area contributed by atoms with E-state index in [2.05, 4.69) is 4.74 Å². The number of methoxy groups -OCH3 is 1. The standard InChI is InChI=1S/C15H16O5/c1-15(7-8-15)11(13(17)18)9-5-3-4-6-10(9)12(16)14(19)20-2/h3-4,6H,5,7-8H2,1-2H3,(H,17,18). The van der Waals surface area contributed by atoms with Crippen LogP contribution in [-0.2, 0) is 19.1 Å². The van der Waals surface area contributed by atoms with Crippen LogP contribution in [0.15, 0.2) is 34.9 Å². The van der Waals surface area contributed by atoms with Gasteiger partial charge in [0.2, 0.25) is 0 Å². The molecule has 106 valence electrons. The number of carboxylic acid groups (broad SMARTS) is 1. The fourth-order valence-electron chi connectivity index (χ4n) is 2.40. The van der Waals surface area contributed by atoms with Crippen LogP contribution < -0.4 is 0 Å². The minimum Gasteiger partial charge on any atom is -0.478 e. The summed E-state index contributed by atoms with van der Waals surface area (Å²) in [5.41, 5.74) is 0.396. The molecule has 0 aromatic carbocycles. The van der Waals surface area contributed by atoms with Crippen LogP contribution in [0.1, 0.15) is 26.2 Å². The third-order valence-electron chi connectivity index (χ3n) is 3.78. The zero-order valence-corrected chi connectivity index (χ0v) is 11.4. The predicted octanol–water partition coefficient (Wildman–Crippen LogP) is 1.80. The number of hydrogen-bond acceptors (Lipinski definition) is 4. The number of esters is 1. The molecular weight excluding hydrogens is 260 g/mol. The Labute approximate surface area is 116 Å². The summed E-state index contributed by atoms with van der Waals surface area (Å²) in [6, 6.07) is 0. The molecule has 0 unspecified atom stereocenters. The summed E-state index contributed by atoms with van der Waals surface area (Å²) in [6.07, 6.45) is 6.80. The summed E-state index contributed by atoms with van der Waals surface area (Å²) in [5, 5.41) is 9.46. The summed E-state index contributed by atoms with van der Waals surface area (Å²) >= 11 is 0. The van der Waals surface area contributed by atoms with Crippen molar-refractivity contribution in [2.24, 2.45) is 5.41 Å². The number of aliphatic carboxylic acids is 1. The fraction of sp³-hybridized carbons (Fsp3) is 0.400. The monoisotopic (exact) mass is 276 g/mol. The molecule has 2 rings (SSSR count). The lowest BCUT2D eigenvalue weighted by molar-refractivity contribution is -0.149. The summed E-state index contributed by atoms with van der Waals surface area (Å²) in [5.74, 6) is -2.80. The van der Waals surface area contributed by atoms with Crippen molar-refractivity contribution in [3.63, 3.8) is 0 Å². The van der Waals surface area contributed by atoms with Crippen molar-refractivity contribution >= 4 is 17.7 Å². The van der Waals surface area contributed by atoms with E-state index < -0.39 is 23.1 Å². The van der Waals surface area contributed by atoms with Gasteiger partial charge in [-0.2, -0.15) is 0 Å². The van der Waals surface area contributed by atoms with Crippen LogP contribution in [-0.4, -0.2) is 29.9 Å². The summed E-state index contributed by atoms with van der Waals surface area (Å²) < 4.78 is 4.43. The zero-order chi connectivity index (χ0) is 14.9. The number of carbonyl (C=O) groups is 3. The van der Waals surface area contributed by atoms with Gasteiger partial charge in [-0.1, -0.05) is 25.2 Å². The van der Waals surface area contributed by atoms with E-state index in [0.717, 1.165) is 20.0 Å². The molecular formula is C15H16O5. The van der Waals surface area contributed by atoms with Gasteiger partial charge in [0.15, 0.2) is 0 Å². The molecule has 1 fully saturated rings. The highest BCUT2D eigenvalue weighted by molar-refractivity contribution is 6.41. The Hall–Kier alpha value is -2.17. The molecule has 0 amide bonds. The highest BCUT2D eigenvalue weighted by Gasteiger charge is 2.46. The largest absolute Gasteiger partial charge is 0.478 e. The van der Waals surface area contributed by atoms with Crippen molar-refractivity contribution in [3.05, 3.63) is 34.9 Å². The first-order valence-electron chi connectivity index (χ1n) is 6.37. The smallest absolute Gasteiger partial charge is 0.379 e. The van der Waals surface area contributed by atoms with E-state index in [4.69, 9.17) is 0 Å². The predicted molar refractivity (Wildman–Crippen MR) is 70.9 cm³/mol. The fourth-order valence-corrected chi connectivity index (χ4v) is 2.40. The maximum Gasteiger partial charge on any atom is 0.379 e. The first-order chi connectivity index (χ1) is 9.40. The number of allylic oxidation sites excluding steroid dienone is 4. The van der Waals surface area contributed by atoms with Crippen molar-refractivity contribution in [3.8, 4) is 0 Å². The van der Waals surface area contributed by atoms with Crippen molar-refractivity contribution < 1.29 is 24.2 Å². The molecule has 0 radical (unpaired) electrons. The van der Waals surface area contributed by atoms with Crippen LogP contribution in [0.3, 0.4) is 0 Å². The lowest BCUT2D eigenvalue weighted by atomic mass is 9.84. The second kappa shape index (κ2) is 5.07. The maximum atomic E-state index is 12.0. The Morgan fingerprint density at radius 3 is 2.45 bits per heavy atom. The van der Waals surface area contributed by atoms with Gasteiger partial charge in [-0.3, -0.25) is 4.79 Å². The van der Waals surface area contributed by atoms with Crippen LogP contribution in [0, 0.1) is 5.41 Å². The number of ketones is 1. The second-order valence-electron chi connectivity index (χ2n) is 5.25. The van der Waals surface area contributed by atoms with Crippen LogP contribution in [0.25, 0.3) is 0 Å². The van der Waals surface area contributed by atoms with Gasteiger partial charge >= 0.3 is 11.9 Å². The lowest BCUT2D eigenvalue weighted by Gasteiger charge is -2.19. The molecule has 0 heterocycles. The van der Waals surface area contributed by atoms with E-state index in [1.165, 1.54) is 6.08 Å². The van der Waals surface area contributed by atoms with Gasteiger partial charge in [-0.05, 0) is 24.8 Å². The van der Waals surface area contributed by atoms with Gasteiger partial charge in [0.25, 0.3) is 5.78 Å². The van der Waals surface area contributed by atoms with Crippen LogP contribution >= 0.6 is 0 Å². The minimum atomic E-state index is -1.03. The molecule has 0 bridgehead atoms. The number of Topliss-reactive ketones (excluding diaryl/α,β-unsaturated/α-hetero) is 1. The Bertz CT molecular complexity index is 573. The summed E-state index contributed by atoms with van der Waals surface area (Å²) in [4.78, 5) is 35.0. The molecule has 5 nitrogen and oxygen atoms in total. The van der Waals surface area contributed by atoms with Crippen LogP contribution in [0.4, 0.5) is 0 Å². The Balaban J connectivity index is 2.51. The first-order valence-corrected chi connectivity index (χ1v) is 6.37. The third kappa shape index (κ3) is 2.43. The van der Waals surface area contributed by atoms with Crippen molar-refractivity contribution in [2.45, 2.75) is 26.2 Å². The zero-order valence-electron chi connectivity index (χ0n) is 11.4. The van der Waals surface area contributed by atoms with Crippen LogP contribution in [0.2, 0.25) is 0 Å². The van der Waals surface area contributed by atoms with Crippen molar-refractivity contribution in [1.29, 1.82) is 0 Å². The quantitative estimate of drug-likeness (QED) is 0.481. The molecule has 0 aromatic heterocycles. The SMILES string of the molecule is COC(=O)C(=O)C1=CC=CCC1=C(C(=O)O)C1(C)CC1. The minimum absolute atomic E-state index is 0.130. The third-order valence-corrected chi connectivity index (χ3v) is 3.78. The van der Waals surface area contributed by atoms with E-state index >= 15 is 0 Å². The number of rotatable bonds is 4. The topological polar surface area (TPSA) is 80.7 Å². The van der Waals surface area contributed by atoms with Gasteiger partial charge < -0.3 is 9.84 Å². The van der Waals surface area contributed by atoms with Gasteiger partial charge in [-0.15, -0.1) is 0 Å². The Morgan fingerprint density at radius 2 is 1.95 bits per heavy atom. The van der Waals surface area contributed by atoms with Crippen molar-refractivity contribution in [1.82, 2.24) is 0 Å². The van der Waals surface area contributed by atoms with E-state index in [9.17, 15) is 19.5 Å². The van der Waals surface area contributed by atoms with E-state index in [-0.39, 0.29) is 11.1 Å². The van der Waals surface area contributed by atoms with E-state index in [1.807, 2.05) is 6.92 Å². The molecule has 5 heteroatoms. The Morgan fingerprint density at radius 1 is 1.30 bits per heavy atom. The first kappa shape index (κ1) is 14.2. The van der Waals surface area contributed by atoms with E-state index in [1.54, 1.807) is 12.2 Å². The number of carboxylic acids is 1. The normalized spacial score (nSPS) is 21.8. The highest BCUT2D eigenvalue weighted by atomic mass is 16.5. The van der Waals surface area contributed by atoms with Gasteiger partial charge in [0.05, 0.1) is 7.11 Å². The number of hydrogen-bond donors (Lipinski definition) is 1. The highest BCUT2D eigenvalue weighted by Crippen LogP contribution is 2.53. The lowest BCUT2D eigenvalue weighted by Crippen LogP contribution is -2.23. The van der Waals surface area contributed by atoms with Gasteiger partial charge in [0, 0.05) is 16.6 Å². The average Bonchev–Trinajstić information content (AvgIpc) is 3.15. The molecule has 2 aliphatic carbocycles. The maximum absolute atomic E-state index is 12.0.